The number of ether oxygens (including phenoxy) is 1. The minimum atomic E-state index is 0.573. The lowest BCUT2D eigenvalue weighted by molar-refractivity contribution is 0.413. The number of para-hydroxylation sites is 2. The van der Waals surface area contributed by atoms with Crippen molar-refractivity contribution < 1.29 is 4.74 Å². The molecule has 4 heteroatoms. The SMILES string of the molecule is COc1cc(CN2CCCNc3ccccc32)ccc1C#N. The molecule has 0 bridgehead atoms. The molecular formula is C18H19N3O. The van der Waals surface area contributed by atoms with E-state index >= 15 is 0 Å². The molecule has 4 nitrogen and oxygen atoms in total. The summed E-state index contributed by atoms with van der Waals surface area (Å²) < 4.78 is 5.31. The van der Waals surface area contributed by atoms with Gasteiger partial charge in [0.25, 0.3) is 0 Å². The molecule has 0 unspecified atom stereocenters. The van der Waals surface area contributed by atoms with Crippen molar-refractivity contribution in [2.45, 2.75) is 13.0 Å². The fourth-order valence-corrected chi connectivity index (χ4v) is 2.82. The highest BCUT2D eigenvalue weighted by atomic mass is 16.5. The Balaban J connectivity index is 1.88. The van der Waals surface area contributed by atoms with Crippen LogP contribution in [0.15, 0.2) is 42.5 Å². The molecule has 2 aromatic carbocycles. The van der Waals surface area contributed by atoms with Gasteiger partial charge in [0.15, 0.2) is 0 Å². The number of benzene rings is 2. The van der Waals surface area contributed by atoms with Gasteiger partial charge >= 0.3 is 0 Å². The molecule has 1 N–H and O–H groups in total. The second-order valence-corrected chi connectivity index (χ2v) is 5.37. The fraction of sp³-hybridized carbons (Fsp3) is 0.278. The Morgan fingerprint density at radius 3 is 2.95 bits per heavy atom. The Labute approximate surface area is 130 Å². The number of nitrogens with one attached hydrogen (secondary N) is 1. The van der Waals surface area contributed by atoms with Crippen molar-refractivity contribution in [2.75, 3.05) is 30.4 Å². The average molecular weight is 293 g/mol. The van der Waals surface area contributed by atoms with Gasteiger partial charge in [-0.05, 0) is 36.2 Å². The molecule has 3 rings (SSSR count). The zero-order valence-corrected chi connectivity index (χ0v) is 12.7. The van der Waals surface area contributed by atoms with E-state index in [1.54, 1.807) is 7.11 Å². The maximum atomic E-state index is 9.08. The van der Waals surface area contributed by atoms with E-state index in [1.165, 1.54) is 11.4 Å². The van der Waals surface area contributed by atoms with Crippen molar-refractivity contribution in [2.24, 2.45) is 0 Å². The maximum Gasteiger partial charge on any atom is 0.136 e. The first-order valence-electron chi connectivity index (χ1n) is 7.46. The molecule has 0 amide bonds. The minimum absolute atomic E-state index is 0.573. The van der Waals surface area contributed by atoms with Crippen LogP contribution in [0.4, 0.5) is 11.4 Å². The van der Waals surface area contributed by atoms with Crippen molar-refractivity contribution in [3.63, 3.8) is 0 Å². The molecule has 1 heterocycles. The number of methoxy groups -OCH3 is 1. The number of fused-ring (bicyclic) bond motifs is 1. The zero-order valence-electron chi connectivity index (χ0n) is 12.7. The lowest BCUT2D eigenvalue weighted by Gasteiger charge is -2.24. The molecule has 0 aromatic heterocycles. The van der Waals surface area contributed by atoms with Crippen LogP contribution in [0.1, 0.15) is 17.5 Å². The predicted octanol–water partition coefficient (Wildman–Crippen LogP) is 3.39. The summed E-state index contributed by atoms with van der Waals surface area (Å²) in [5, 5.41) is 12.6. The topological polar surface area (TPSA) is 48.3 Å². The van der Waals surface area contributed by atoms with Crippen LogP contribution >= 0.6 is 0 Å². The molecule has 0 saturated heterocycles. The molecule has 0 radical (unpaired) electrons. The van der Waals surface area contributed by atoms with E-state index < -0.39 is 0 Å². The van der Waals surface area contributed by atoms with Crippen molar-refractivity contribution in [1.29, 1.82) is 5.26 Å². The number of nitriles is 1. The van der Waals surface area contributed by atoms with Crippen molar-refractivity contribution in [1.82, 2.24) is 0 Å². The molecule has 0 atom stereocenters. The van der Waals surface area contributed by atoms with E-state index in [1.807, 2.05) is 18.2 Å². The smallest absolute Gasteiger partial charge is 0.136 e. The fourth-order valence-electron chi connectivity index (χ4n) is 2.82. The third-order valence-corrected chi connectivity index (χ3v) is 3.92. The molecule has 112 valence electrons. The molecule has 2 aromatic rings. The average Bonchev–Trinajstić information content (AvgIpc) is 2.77. The first-order chi connectivity index (χ1) is 10.8. The van der Waals surface area contributed by atoms with Crippen LogP contribution in [0.3, 0.4) is 0 Å². The van der Waals surface area contributed by atoms with Gasteiger partial charge in [-0.25, -0.2) is 0 Å². The van der Waals surface area contributed by atoms with E-state index in [0.717, 1.165) is 31.6 Å². The summed E-state index contributed by atoms with van der Waals surface area (Å²) >= 11 is 0. The Morgan fingerprint density at radius 1 is 1.27 bits per heavy atom. The van der Waals surface area contributed by atoms with Gasteiger partial charge in [0.05, 0.1) is 24.0 Å². The van der Waals surface area contributed by atoms with E-state index in [-0.39, 0.29) is 0 Å². The van der Waals surface area contributed by atoms with Crippen LogP contribution in [0.2, 0.25) is 0 Å². The monoisotopic (exact) mass is 293 g/mol. The minimum Gasteiger partial charge on any atom is -0.495 e. The van der Waals surface area contributed by atoms with Gasteiger partial charge in [0.1, 0.15) is 11.8 Å². The summed E-state index contributed by atoms with van der Waals surface area (Å²) in [6.07, 6.45) is 1.10. The number of hydrogen-bond donors (Lipinski definition) is 1. The highest BCUT2D eigenvalue weighted by Crippen LogP contribution is 2.30. The van der Waals surface area contributed by atoms with Crippen LogP contribution in [-0.2, 0) is 6.54 Å². The first-order valence-corrected chi connectivity index (χ1v) is 7.46. The molecule has 0 saturated carbocycles. The number of nitrogens with zero attached hydrogens (tertiary/aromatic N) is 2. The number of rotatable bonds is 3. The summed E-state index contributed by atoms with van der Waals surface area (Å²) in [4.78, 5) is 2.37. The molecule has 22 heavy (non-hydrogen) atoms. The number of hydrogen-bond acceptors (Lipinski definition) is 4. The standard InChI is InChI=1S/C18H19N3O/c1-22-18-11-14(7-8-15(18)12-19)13-21-10-4-9-20-16-5-2-3-6-17(16)21/h2-3,5-8,11,20H,4,9-10,13H2,1H3. The molecule has 1 aliphatic heterocycles. The van der Waals surface area contributed by atoms with E-state index in [0.29, 0.717) is 11.3 Å². The van der Waals surface area contributed by atoms with Gasteiger partial charge in [-0.2, -0.15) is 5.26 Å². The Hall–Kier alpha value is -2.67. The number of anilines is 2. The van der Waals surface area contributed by atoms with E-state index in [4.69, 9.17) is 10.00 Å². The van der Waals surface area contributed by atoms with Crippen LogP contribution in [0.5, 0.6) is 5.75 Å². The molecule has 0 aliphatic carbocycles. The summed E-state index contributed by atoms with van der Waals surface area (Å²) in [5.41, 5.74) is 4.13. The van der Waals surface area contributed by atoms with Crippen LogP contribution in [-0.4, -0.2) is 20.2 Å². The van der Waals surface area contributed by atoms with Gasteiger partial charge in [-0.1, -0.05) is 18.2 Å². The van der Waals surface area contributed by atoms with Crippen LogP contribution in [0, 0.1) is 11.3 Å². The van der Waals surface area contributed by atoms with Crippen molar-refractivity contribution in [3.05, 3.63) is 53.6 Å². The summed E-state index contributed by atoms with van der Waals surface area (Å²) in [5.74, 6) is 0.640. The lowest BCUT2D eigenvalue weighted by atomic mass is 10.1. The van der Waals surface area contributed by atoms with Gasteiger partial charge in [0.2, 0.25) is 0 Å². The first kappa shape index (κ1) is 14.3. The zero-order chi connectivity index (χ0) is 15.4. The Bertz CT molecular complexity index is 706. The largest absolute Gasteiger partial charge is 0.495 e. The lowest BCUT2D eigenvalue weighted by Crippen LogP contribution is -2.23. The van der Waals surface area contributed by atoms with E-state index in [2.05, 4.69) is 40.6 Å². The molecular weight excluding hydrogens is 274 g/mol. The normalized spacial score (nSPS) is 13.5. The van der Waals surface area contributed by atoms with Crippen LogP contribution < -0.4 is 15.0 Å². The second-order valence-electron chi connectivity index (χ2n) is 5.37. The van der Waals surface area contributed by atoms with Crippen molar-refractivity contribution in [3.8, 4) is 11.8 Å². The van der Waals surface area contributed by atoms with Crippen molar-refractivity contribution >= 4 is 11.4 Å². The highest BCUT2D eigenvalue weighted by Gasteiger charge is 2.15. The van der Waals surface area contributed by atoms with E-state index in [9.17, 15) is 0 Å². The molecule has 1 aliphatic rings. The Kier molecular flexibility index (Phi) is 4.15. The van der Waals surface area contributed by atoms with Gasteiger partial charge in [0, 0.05) is 19.6 Å². The molecule has 0 spiro atoms. The summed E-state index contributed by atoms with van der Waals surface area (Å²) in [6.45, 7) is 2.80. The van der Waals surface area contributed by atoms with Gasteiger partial charge in [-0.3, -0.25) is 0 Å². The summed E-state index contributed by atoms with van der Waals surface area (Å²) in [6, 6.07) is 16.3. The quantitative estimate of drug-likeness (QED) is 0.942. The molecule has 0 fully saturated rings. The predicted molar refractivity (Wildman–Crippen MR) is 88.3 cm³/mol. The van der Waals surface area contributed by atoms with Gasteiger partial charge in [-0.15, -0.1) is 0 Å². The van der Waals surface area contributed by atoms with Crippen LogP contribution in [0.25, 0.3) is 0 Å². The van der Waals surface area contributed by atoms with Gasteiger partial charge < -0.3 is 15.0 Å². The third kappa shape index (κ3) is 2.84. The maximum absolute atomic E-state index is 9.08. The highest BCUT2D eigenvalue weighted by molar-refractivity contribution is 5.70. The Morgan fingerprint density at radius 2 is 2.14 bits per heavy atom. The summed E-state index contributed by atoms with van der Waals surface area (Å²) in [7, 11) is 1.60. The second kappa shape index (κ2) is 6.40. The third-order valence-electron chi connectivity index (χ3n) is 3.92.